The molecule has 0 N–H and O–H groups in total. The summed E-state index contributed by atoms with van der Waals surface area (Å²) < 4.78 is 0. The van der Waals surface area contributed by atoms with E-state index in [-0.39, 0.29) is 5.92 Å². The van der Waals surface area contributed by atoms with Gasteiger partial charge in [-0.1, -0.05) is 60.7 Å². The molecule has 2 atom stereocenters. The van der Waals surface area contributed by atoms with Crippen LogP contribution in [0, 0.1) is 5.92 Å². The molecule has 1 aliphatic rings. The third kappa shape index (κ3) is 2.01. The molecule has 0 spiro atoms. The lowest BCUT2D eigenvalue weighted by Gasteiger charge is -2.00. The summed E-state index contributed by atoms with van der Waals surface area (Å²) in [5.41, 5.74) is 2.14. The summed E-state index contributed by atoms with van der Waals surface area (Å²) in [6, 6.07) is 19.9. The van der Waals surface area contributed by atoms with Crippen LogP contribution >= 0.6 is 0 Å². The van der Waals surface area contributed by atoms with Gasteiger partial charge in [-0.25, -0.2) is 0 Å². The number of hydrogen-bond acceptors (Lipinski definition) is 1. The summed E-state index contributed by atoms with van der Waals surface area (Å²) in [6.45, 7) is 0. The zero-order chi connectivity index (χ0) is 11.7. The summed E-state index contributed by atoms with van der Waals surface area (Å²) in [7, 11) is 0. The van der Waals surface area contributed by atoms with Crippen molar-refractivity contribution < 1.29 is 4.79 Å². The lowest BCUT2D eigenvalue weighted by molar-refractivity contribution is 0.0965. The molecule has 2 aromatic carbocycles. The molecule has 84 valence electrons. The SMILES string of the molecule is O=C(c1ccccc1)[C@H]1C[C@@H]1c1ccccc1. The molecular weight excluding hydrogens is 208 g/mol. The molecule has 0 saturated heterocycles. The lowest BCUT2D eigenvalue weighted by atomic mass is 10.0. The summed E-state index contributed by atoms with van der Waals surface area (Å²) in [4.78, 5) is 12.2. The zero-order valence-electron chi connectivity index (χ0n) is 9.54. The van der Waals surface area contributed by atoms with Crippen LogP contribution in [-0.4, -0.2) is 5.78 Å². The van der Waals surface area contributed by atoms with Crippen LogP contribution in [0.4, 0.5) is 0 Å². The summed E-state index contributed by atoms with van der Waals surface area (Å²) >= 11 is 0. The van der Waals surface area contributed by atoms with Gasteiger partial charge in [0.15, 0.2) is 5.78 Å². The van der Waals surface area contributed by atoms with E-state index in [1.165, 1.54) is 5.56 Å². The van der Waals surface area contributed by atoms with E-state index in [9.17, 15) is 4.79 Å². The Morgan fingerprint density at radius 1 is 0.882 bits per heavy atom. The summed E-state index contributed by atoms with van der Waals surface area (Å²) in [5, 5.41) is 0. The van der Waals surface area contributed by atoms with Crippen molar-refractivity contribution in [2.75, 3.05) is 0 Å². The van der Waals surface area contributed by atoms with Gasteiger partial charge in [0, 0.05) is 11.5 Å². The minimum absolute atomic E-state index is 0.194. The predicted octanol–water partition coefficient (Wildman–Crippen LogP) is 3.67. The van der Waals surface area contributed by atoms with E-state index in [4.69, 9.17) is 0 Å². The van der Waals surface area contributed by atoms with E-state index in [2.05, 4.69) is 12.1 Å². The normalized spacial score (nSPS) is 22.1. The van der Waals surface area contributed by atoms with Crippen LogP contribution in [0.2, 0.25) is 0 Å². The van der Waals surface area contributed by atoms with Gasteiger partial charge in [-0.15, -0.1) is 0 Å². The maximum absolute atomic E-state index is 12.2. The Kier molecular flexibility index (Phi) is 2.52. The molecule has 0 unspecified atom stereocenters. The molecule has 0 aromatic heterocycles. The molecule has 2 aromatic rings. The van der Waals surface area contributed by atoms with Gasteiger partial charge in [-0.2, -0.15) is 0 Å². The Hall–Kier alpha value is -1.89. The number of ketones is 1. The van der Waals surface area contributed by atoms with Gasteiger partial charge in [0.05, 0.1) is 0 Å². The summed E-state index contributed by atoms with van der Waals surface area (Å²) in [5.74, 6) is 0.920. The lowest BCUT2D eigenvalue weighted by Crippen LogP contribution is -2.02. The number of carbonyl (C=O) groups is 1. The van der Waals surface area contributed by atoms with Gasteiger partial charge < -0.3 is 0 Å². The first-order valence-corrected chi connectivity index (χ1v) is 6.00. The van der Waals surface area contributed by atoms with Gasteiger partial charge in [0.25, 0.3) is 0 Å². The fourth-order valence-corrected chi connectivity index (χ4v) is 2.37. The first-order chi connectivity index (χ1) is 8.36. The van der Waals surface area contributed by atoms with Crippen molar-refractivity contribution >= 4 is 5.78 Å². The highest BCUT2D eigenvalue weighted by atomic mass is 16.1. The first-order valence-electron chi connectivity index (χ1n) is 6.00. The van der Waals surface area contributed by atoms with E-state index in [1.54, 1.807) is 0 Å². The van der Waals surface area contributed by atoms with Crippen molar-refractivity contribution in [1.82, 2.24) is 0 Å². The molecule has 0 amide bonds. The Bertz CT molecular complexity index is 516. The molecule has 1 aliphatic carbocycles. The van der Waals surface area contributed by atoms with E-state index in [1.807, 2.05) is 48.5 Å². The van der Waals surface area contributed by atoms with Crippen LogP contribution in [0.15, 0.2) is 60.7 Å². The molecule has 0 aliphatic heterocycles. The molecule has 0 heterocycles. The van der Waals surface area contributed by atoms with Gasteiger partial charge >= 0.3 is 0 Å². The molecule has 0 radical (unpaired) electrons. The second-order valence-electron chi connectivity index (χ2n) is 4.59. The maximum atomic E-state index is 12.2. The Balaban J connectivity index is 1.76. The molecule has 1 fully saturated rings. The fraction of sp³-hybridized carbons (Fsp3) is 0.188. The topological polar surface area (TPSA) is 17.1 Å². The predicted molar refractivity (Wildman–Crippen MR) is 68.1 cm³/mol. The maximum Gasteiger partial charge on any atom is 0.166 e. The smallest absolute Gasteiger partial charge is 0.166 e. The highest BCUT2D eigenvalue weighted by Crippen LogP contribution is 2.48. The van der Waals surface area contributed by atoms with E-state index < -0.39 is 0 Å². The Morgan fingerprint density at radius 2 is 1.47 bits per heavy atom. The van der Waals surface area contributed by atoms with Gasteiger partial charge in [0.2, 0.25) is 0 Å². The second kappa shape index (κ2) is 4.17. The minimum Gasteiger partial charge on any atom is -0.294 e. The van der Waals surface area contributed by atoms with Crippen LogP contribution in [0.1, 0.15) is 28.3 Å². The molecule has 1 nitrogen and oxygen atoms in total. The minimum atomic E-state index is 0.194. The van der Waals surface area contributed by atoms with Crippen molar-refractivity contribution in [1.29, 1.82) is 0 Å². The third-order valence-corrected chi connectivity index (χ3v) is 3.41. The highest BCUT2D eigenvalue weighted by molar-refractivity contribution is 6.00. The highest BCUT2D eigenvalue weighted by Gasteiger charge is 2.43. The van der Waals surface area contributed by atoms with Crippen LogP contribution in [0.25, 0.3) is 0 Å². The van der Waals surface area contributed by atoms with Crippen LogP contribution in [-0.2, 0) is 0 Å². The quantitative estimate of drug-likeness (QED) is 0.724. The van der Waals surface area contributed by atoms with E-state index in [0.717, 1.165) is 12.0 Å². The van der Waals surface area contributed by atoms with Crippen molar-refractivity contribution in [3.63, 3.8) is 0 Å². The van der Waals surface area contributed by atoms with Crippen molar-refractivity contribution in [2.24, 2.45) is 5.92 Å². The molecular formula is C16H14O. The van der Waals surface area contributed by atoms with Gasteiger partial charge in [0.1, 0.15) is 0 Å². The Morgan fingerprint density at radius 3 is 2.12 bits per heavy atom. The second-order valence-corrected chi connectivity index (χ2v) is 4.59. The number of rotatable bonds is 3. The molecule has 0 bridgehead atoms. The molecule has 17 heavy (non-hydrogen) atoms. The largest absolute Gasteiger partial charge is 0.294 e. The van der Waals surface area contributed by atoms with Crippen LogP contribution in [0.3, 0.4) is 0 Å². The first kappa shape index (κ1) is 10.3. The van der Waals surface area contributed by atoms with Crippen molar-refractivity contribution in [2.45, 2.75) is 12.3 Å². The van der Waals surface area contributed by atoms with Crippen molar-refractivity contribution in [3.05, 3.63) is 71.8 Å². The van der Waals surface area contributed by atoms with E-state index in [0.29, 0.717) is 11.7 Å². The average molecular weight is 222 g/mol. The van der Waals surface area contributed by atoms with Gasteiger partial charge in [-0.05, 0) is 17.9 Å². The zero-order valence-corrected chi connectivity index (χ0v) is 9.54. The molecule has 1 saturated carbocycles. The fourth-order valence-electron chi connectivity index (χ4n) is 2.37. The van der Waals surface area contributed by atoms with E-state index >= 15 is 0 Å². The van der Waals surface area contributed by atoms with Crippen molar-refractivity contribution in [3.8, 4) is 0 Å². The van der Waals surface area contributed by atoms with Crippen LogP contribution < -0.4 is 0 Å². The molecule has 1 heteroatoms. The van der Waals surface area contributed by atoms with Gasteiger partial charge in [-0.3, -0.25) is 4.79 Å². The third-order valence-electron chi connectivity index (χ3n) is 3.41. The molecule has 3 rings (SSSR count). The average Bonchev–Trinajstić information content (AvgIpc) is 3.20. The number of benzene rings is 2. The number of hydrogen-bond donors (Lipinski definition) is 0. The Labute approximate surface area is 101 Å². The monoisotopic (exact) mass is 222 g/mol. The van der Waals surface area contributed by atoms with Crippen LogP contribution in [0.5, 0.6) is 0 Å². The summed E-state index contributed by atoms with van der Waals surface area (Å²) in [6.07, 6.45) is 0.998. The number of carbonyl (C=O) groups excluding carboxylic acids is 1. The number of Topliss-reactive ketones (excluding diaryl/α,β-unsaturated/α-hetero) is 1. The standard InChI is InChI=1S/C16H14O/c17-16(13-9-5-2-6-10-13)15-11-14(15)12-7-3-1-4-8-12/h1-10,14-15H,11H2/t14-,15+/m1/s1.